The second-order valence-electron chi connectivity index (χ2n) is 7.64. The van der Waals surface area contributed by atoms with Crippen LogP contribution in [0.2, 0.25) is 0 Å². The van der Waals surface area contributed by atoms with Crippen molar-refractivity contribution >= 4 is 5.91 Å². The molecule has 1 fully saturated rings. The smallest absolute Gasteiger partial charge is 0.272 e. The first-order chi connectivity index (χ1) is 11.8. The molecule has 0 unspecified atom stereocenters. The van der Waals surface area contributed by atoms with Gasteiger partial charge in [-0.1, -0.05) is 13.8 Å². The van der Waals surface area contributed by atoms with Gasteiger partial charge in [-0.05, 0) is 19.8 Å². The van der Waals surface area contributed by atoms with Crippen molar-refractivity contribution < 1.29 is 19.4 Å². The molecule has 2 aliphatic heterocycles. The molecule has 0 aliphatic carbocycles. The second-order valence-corrected chi connectivity index (χ2v) is 7.64. The van der Waals surface area contributed by atoms with Crippen LogP contribution in [-0.4, -0.2) is 64.2 Å². The average molecular weight is 351 g/mol. The number of hydrogen-bond donors (Lipinski definition) is 1. The molecule has 1 amide bonds. The van der Waals surface area contributed by atoms with E-state index in [-0.39, 0.29) is 24.0 Å². The molecule has 1 aromatic heterocycles. The molecule has 0 aromatic carbocycles. The number of likely N-dealkylation sites (tertiary alicyclic amines) is 1. The lowest BCUT2D eigenvalue weighted by Gasteiger charge is -2.49. The Bertz CT molecular complexity index is 649. The Morgan fingerprint density at radius 3 is 2.72 bits per heavy atom. The van der Waals surface area contributed by atoms with E-state index < -0.39 is 5.60 Å². The summed E-state index contributed by atoms with van der Waals surface area (Å²) in [7, 11) is 1.64. The van der Waals surface area contributed by atoms with E-state index in [9.17, 15) is 9.90 Å². The van der Waals surface area contributed by atoms with Crippen LogP contribution in [0.15, 0.2) is 0 Å². The SMILES string of the molecule is COCCn1nc2c(c1C(=O)N1CC(O)(C(C)C)C1)C[C@H](C)O[C@@H]2C. The van der Waals surface area contributed by atoms with Crippen molar-refractivity contribution in [2.75, 3.05) is 26.8 Å². The number of methoxy groups -OCH3 is 1. The van der Waals surface area contributed by atoms with Gasteiger partial charge in [0, 0.05) is 19.1 Å². The van der Waals surface area contributed by atoms with Crippen molar-refractivity contribution in [1.29, 1.82) is 0 Å². The molecular weight excluding hydrogens is 322 g/mol. The lowest BCUT2D eigenvalue weighted by Crippen LogP contribution is -2.66. The molecule has 1 N–H and O–H groups in total. The van der Waals surface area contributed by atoms with Crippen molar-refractivity contribution in [3.05, 3.63) is 17.0 Å². The topological polar surface area (TPSA) is 76.8 Å². The molecule has 0 radical (unpaired) electrons. The maximum atomic E-state index is 13.1. The molecule has 7 nitrogen and oxygen atoms in total. The molecule has 0 bridgehead atoms. The normalized spacial score (nSPS) is 25.0. The molecule has 140 valence electrons. The fourth-order valence-corrected chi connectivity index (χ4v) is 3.65. The van der Waals surface area contributed by atoms with Gasteiger partial charge >= 0.3 is 0 Å². The number of aliphatic hydroxyl groups is 1. The highest BCUT2D eigenvalue weighted by Crippen LogP contribution is 2.35. The molecule has 25 heavy (non-hydrogen) atoms. The summed E-state index contributed by atoms with van der Waals surface area (Å²) in [6.07, 6.45) is 0.604. The van der Waals surface area contributed by atoms with Crippen LogP contribution < -0.4 is 0 Å². The maximum absolute atomic E-state index is 13.1. The van der Waals surface area contributed by atoms with Crippen molar-refractivity contribution in [2.45, 2.75) is 58.5 Å². The molecule has 7 heteroatoms. The molecule has 0 saturated carbocycles. The van der Waals surface area contributed by atoms with Crippen LogP contribution in [0.5, 0.6) is 0 Å². The Balaban J connectivity index is 1.90. The number of fused-ring (bicyclic) bond motifs is 1. The number of β-amino-alcohol motifs (C(OH)–C–C–N with tert-alkyl or cyclic N) is 1. The van der Waals surface area contributed by atoms with Crippen LogP contribution in [0.1, 0.15) is 55.5 Å². The molecule has 3 rings (SSSR count). The van der Waals surface area contributed by atoms with Gasteiger partial charge in [0.15, 0.2) is 0 Å². The van der Waals surface area contributed by atoms with Crippen molar-refractivity contribution in [3.8, 4) is 0 Å². The van der Waals surface area contributed by atoms with Crippen molar-refractivity contribution in [3.63, 3.8) is 0 Å². The molecule has 1 aromatic rings. The van der Waals surface area contributed by atoms with Gasteiger partial charge in [0.25, 0.3) is 5.91 Å². The zero-order chi connectivity index (χ0) is 18.4. The van der Waals surface area contributed by atoms with Crippen LogP contribution in [0, 0.1) is 5.92 Å². The fourth-order valence-electron chi connectivity index (χ4n) is 3.65. The third-order valence-corrected chi connectivity index (χ3v) is 5.40. The molecule has 3 heterocycles. The fraction of sp³-hybridized carbons (Fsp3) is 0.778. The van der Waals surface area contributed by atoms with Gasteiger partial charge in [-0.2, -0.15) is 5.10 Å². The maximum Gasteiger partial charge on any atom is 0.272 e. The molecule has 2 aliphatic rings. The minimum Gasteiger partial charge on any atom is -0.386 e. The van der Waals surface area contributed by atoms with Gasteiger partial charge in [0.1, 0.15) is 11.3 Å². The van der Waals surface area contributed by atoms with E-state index in [4.69, 9.17) is 9.47 Å². The standard InChI is InChI=1S/C18H29N3O4/c1-11(2)18(23)9-20(10-18)17(22)16-14-8-12(3)25-13(4)15(14)19-21(16)6-7-24-5/h11-13,23H,6-10H2,1-5H3/t12-,13+/m0/s1. The van der Waals surface area contributed by atoms with E-state index in [0.29, 0.717) is 38.4 Å². The Kier molecular flexibility index (Phi) is 4.92. The van der Waals surface area contributed by atoms with Gasteiger partial charge in [-0.15, -0.1) is 0 Å². The zero-order valence-electron chi connectivity index (χ0n) is 15.8. The summed E-state index contributed by atoms with van der Waals surface area (Å²) < 4.78 is 12.8. The number of nitrogens with zero attached hydrogens (tertiary/aromatic N) is 3. The number of amides is 1. The largest absolute Gasteiger partial charge is 0.386 e. The van der Waals surface area contributed by atoms with Crippen LogP contribution >= 0.6 is 0 Å². The monoisotopic (exact) mass is 351 g/mol. The number of carbonyl (C=O) groups is 1. The van der Waals surface area contributed by atoms with E-state index in [1.165, 1.54) is 0 Å². The van der Waals surface area contributed by atoms with Crippen LogP contribution in [0.25, 0.3) is 0 Å². The van der Waals surface area contributed by atoms with Gasteiger partial charge in [0.05, 0.1) is 44.1 Å². The highest BCUT2D eigenvalue weighted by atomic mass is 16.5. The van der Waals surface area contributed by atoms with E-state index >= 15 is 0 Å². The van der Waals surface area contributed by atoms with E-state index in [1.54, 1.807) is 16.7 Å². The van der Waals surface area contributed by atoms with E-state index in [0.717, 1.165) is 11.3 Å². The Hall–Kier alpha value is -1.44. The predicted octanol–water partition coefficient (Wildman–Crippen LogP) is 1.39. The summed E-state index contributed by atoms with van der Waals surface area (Å²) in [6.45, 7) is 9.69. The molecule has 1 saturated heterocycles. The van der Waals surface area contributed by atoms with Gasteiger partial charge < -0.3 is 19.5 Å². The van der Waals surface area contributed by atoms with Crippen LogP contribution in [0.3, 0.4) is 0 Å². The number of hydrogen-bond acceptors (Lipinski definition) is 5. The molecule has 0 spiro atoms. The first kappa shape index (κ1) is 18.4. The minimum atomic E-state index is -0.781. The summed E-state index contributed by atoms with van der Waals surface area (Å²) in [4.78, 5) is 14.9. The van der Waals surface area contributed by atoms with Crippen LogP contribution in [-0.2, 0) is 22.4 Å². The summed E-state index contributed by atoms with van der Waals surface area (Å²) >= 11 is 0. The molecule has 2 atom stereocenters. The van der Waals surface area contributed by atoms with Crippen molar-refractivity contribution in [2.24, 2.45) is 5.92 Å². The van der Waals surface area contributed by atoms with Crippen molar-refractivity contribution in [1.82, 2.24) is 14.7 Å². The lowest BCUT2D eigenvalue weighted by molar-refractivity contribution is -0.111. The van der Waals surface area contributed by atoms with Gasteiger partial charge in [0.2, 0.25) is 0 Å². The Labute approximate surface area is 148 Å². The summed E-state index contributed by atoms with van der Waals surface area (Å²) in [5, 5.41) is 15.1. The zero-order valence-corrected chi connectivity index (χ0v) is 15.8. The summed E-state index contributed by atoms with van der Waals surface area (Å²) in [5.41, 5.74) is 1.67. The number of rotatable bonds is 5. The minimum absolute atomic E-state index is 0.0538. The average Bonchev–Trinajstić information content (AvgIpc) is 2.87. The Morgan fingerprint density at radius 1 is 1.44 bits per heavy atom. The van der Waals surface area contributed by atoms with E-state index in [2.05, 4.69) is 5.10 Å². The molecular formula is C18H29N3O4. The van der Waals surface area contributed by atoms with Gasteiger partial charge in [-0.3, -0.25) is 9.48 Å². The second kappa shape index (κ2) is 6.70. The summed E-state index contributed by atoms with van der Waals surface area (Å²) in [6, 6.07) is 0. The van der Waals surface area contributed by atoms with E-state index in [1.807, 2.05) is 27.7 Å². The lowest BCUT2D eigenvalue weighted by atomic mass is 9.82. The first-order valence-corrected chi connectivity index (χ1v) is 9.02. The highest BCUT2D eigenvalue weighted by molar-refractivity contribution is 5.95. The Morgan fingerprint density at radius 2 is 2.12 bits per heavy atom. The summed E-state index contributed by atoms with van der Waals surface area (Å²) in [5.74, 6) is 0.0637. The highest BCUT2D eigenvalue weighted by Gasteiger charge is 2.47. The van der Waals surface area contributed by atoms with Crippen LogP contribution in [0.4, 0.5) is 0 Å². The third kappa shape index (κ3) is 3.20. The van der Waals surface area contributed by atoms with Gasteiger partial charge in [-0.25, -0.2) is 0 Å². The quantitative estimate of drug-likeness (QED) is 0.868. The number of carbonyl (C=O) groups excluding carboxylic acids is 1. The first-order valence-electron chi connectivity index (χ1n) is 9.02. The number of aromatic nitrogens is 2. The number of ether oxygens (including phenoxy) is 2. The third-order valence-electron chi connectivity index (χ3n) is 5.40. The predicted molar refractivity (Wildman–Crippen MR) is 92.5 cm³/mol.